The topological polar surface area (TPSA) is 37.4 Å². The fraction of sp³-hybridized carbons (Fsp3) is 0.438. The smallest absolute Gasteiger partial charge is 0.0898 e. The van der Waals surface area contributed by atoms with E-state index in [0.29, 0.717) is 0 Å². The molecule has 21 heavy (non-hydrogen) atoms. The van der Waals surface area contributed by atoms with Crippen molar-refractivity contribution in [2.24, 2.45) is 0 Å². The van der Waals surface area contributed by atoms with Crippen LogP contribution >= 0.6 is 11.3 Å². The minimum atomic E-state index is 0.206. The average molecular weight is 303 g/mol. The van der Waals surface area contributed by atoms with E-state index in [-0.39, 0.29) is 6.04 Å². The highest BCUT2D eigenvalue weighted by molar-refractivity contribution is 7.09. The molecule has 1 aromatic heterocycles. The van der Waals surface area contributed by atoms with Gasteiger partial charge in [-0.3, -0.25) is 0 Å². The van der Waals surface area contributed by atoms with Crippen molar-refractivity contribution in [2.45, 2.75) is 19.9 Å². The second-order valence-corrected chi connectivity index (χ2v) is 6.34. The van der Waals surface area contributed by atoms with Gasteiger partial charge in [0.15, 0.2) is 0 Å². The fourth-order valence-corrected chi connectivity index (χ4v) is 3.27. The van der Waals surface area contributed by atoms with Gasteiger partial charge in [0.25, 0.3) is 0 Å². The summed E-state index contributed by atoms with van der Waals surface area (Å²) in [6.45, 7) is 7.70. The number of anilines is 2. The molecule has 1 aliphatic heterocycles. The van der Waals surface area contributed by atoms with E-state index in [1.165, 1.54) is 5.69 Å². The molecule has 1 atom stereocenters. The van der Waals surface area contributed by atoms with Crippen LogP contribution in [-0.2, 0) is 4.74 Å². The number of hydrogen-bond acceptors (Lipinski definition) is 5. The van der Waals surface area contributed by atoms with Gasteiger partial charge < -0.3 is 15.0 Å². The van der Waals surface area contributed by atoms with E-state index < -0.39 is 0 Å². The molecule has 1 saturated heterocycles. The zero-order valence-corrected chi connectivity index (χ0v) is 13.3. The maximum Gasteiger partial charge on any atom is 0.0898 e. The third-order valence-electron chi connectivity index (χ3n) is 3.71. The summed E-state index contributed by atoms with van der Waals surface area (Å²) < 4.78 is 5.44. The van der Waals surface area contributed by atoms with Gasteiger partial charge in [-0.1, -0.05) is 12.1 Å². The van der Waals surface area contributed by atoms with Crippen molar-refractivity contribution in [3.05, 3.63) is 40.3 Å². The highest BCUT2D eigenvalue weighted by Gasteiger charge is 2.16. The number of thiazole rings is 1. The van der Waals surface area contributed by atoms with E-state index in [2.05, 4.69) is 51.8 Å². The lowest BCUT2D eigenvalue weighted by atomic mass is 10.2. The molecule has 2 heterocycles. The van der Waals surface area contributed by atoms with E-state index in [0.717, 1.165) is 42.7 Å². The van der Waals surface area contributed by atoms with Crippen LogP contribution in [0.25, 0.3) is 0 Å². The van der Waals surface area contributed by atoms with Crippen LogP contribution in [0.2, 0.25) is 0 Å². The maximum absolute atomic E-state index is 5.44. The van der Waals surface area contributed by atoms with Crippen molar-refractivity contribution in [3.8, 4) is 0 Å². The molecule has 0 amide bonds. The number of rotatable bonds is 4. The molecule has 1 N–H and O–H groups in total. The van der Waals surface area contributed by atoms with Crippen LogP contribution < -0.4 is 10.2 Å². The van der Waals surface area contributed by atoms with Gasteiger partial charge in [-0.2, -0.15) is 0 Å². The number of morpholine rings is 1. The molecular weight excluding hydrogens is 282 g/mol. The molecule has 1 aliphatic rings. The van der Waals surface area contributed by atoms with E-state index in [9.17, 15) is 0 Å². The Bertz CT molecular complexity index is 593. The number of hydrogen-bond donors (Lipinski definition) is 1. The van der Waals surface area contributed by atoms with Crippen molar-refractivity contribution in [3.63, 3.8) is 0 Å². The van der Waals surface area contributed by atoms with Crippen LogP contribution in [0, 0.1) is 6.92 Å². The molecule has 3 rings (SSSR count). The quantitative estimate of drug-likeness (QED) is 0.938. The van der Waals surface area contributed by atoms with Crippen LogP contribution in [0.3, 0.4) is 0 Å². The molecule has 0 radical (unpaired) electrons. The summed E-state index contributed by atoms with van der Waals surface area (Å²) in [5, 5.41) is 6.84. The molecule has 0 spiro atoms. The fourth-order valence-electron chi connectivity index (χ4n) is 2.56. The molecule has 0 aliphatic carbocycles. The summed E-state index contributed by atoms with van der Waals surface area (Å²) in [4.78, 5) is 6.95. The SMILES string of the molecule is Cc1nc(C(C)Nc2ccccc2N2CCOCC2)cs1. The predicted octanol–water partition coefficient (Wildman–Crippen LogP) is 3.46. The highest BCUT2D eigenvalue weighted by atomic mass is 32.1. The molecular formula is C16H21N3OS. The van der Waals surface area contributed by atoms with Crippen LogP contribution in [-0.4, -0.2) is 31.3 Å². The molecule has 0 bridgehead atoms. The van der Waals surface area contributed by atoms with Crippen LogP contribution in [0.1, 0.15) is 23.7 Å². The number of aromatic nitrogens is 1. The predicted molar refractivity (Wildman–Crippen MR) is 88.4 cm³/mol. The summed E-state index contributed by atoms with van der Waals surface area (Å²) in [5.41, 5.74) is 3.52. The second kappa shape index (κ2) is 6.45. The minimum absolute atomic E-state index is 0.206. The lowest BCUT2D eigenvalue weighted by Crippen LogP contribution is -2.36. The Hall–Kier alpha value is -1.59. The Kier molecular flexibility index (Phi) is 4.41. The first-order chi connectivity index (χ1) is 10.2. The lowest BCUT2D eigenvalue weighted by Gasteiger charge is -2.31. The summed E-state index contributed by atoms with van der Waals surface area (Å²) in [6.07, 6.45) is 0. The Balaban J connectivity index is 1.78. The van der Waals surface area contributed by atoms with Gasteiger partial charge in [-0.15, -0.1) is 11.3 Å². The molecule has 5 heteroatoms. The molecule has 2 aromatic rings. The van der Waals surface area contributed by atoms with E-state index >= 15 is 0 Å². The summed E-state index contributed by atoms with van der Waals surface area (Å²) in [6, 6.07) is 8.68. The van der Waals surface area contributed by atoms with Crippen molar-refractivity contribution < 1.29 is 4.74 Å². The third-order valence-corrected chi connectivity index (χ3v) is 4.50. The first-order valence-electron chi connectivity index (χ1n) is 7.34. The Morgan fingerprint density at radius 2 is 2.05 bits per heavy atom. The van der Waals surface area contributed by atoms with Crippen molar-refractivity contribution in [2.75, 3.05) is 36.5 Å². The number of nitrogens with one attached hydrogen (secondary N) is 1. The minimum Gasteiger partial charge on any atom is -0.378 e. The zero-order valence-electron chi connectivity index (χ0n) is 12.5. The van der Waals surface area contributed by atoms with Crippen molar-refractivity contribution in [1.82, 2.24) is 4.98 Å². The number of benzene rings is 1. The van der Waals surface area contributed by atoms with Crippen molar-refractivity contribution in [1.29, 1.82) is 0 Å². The summed E-state index contributed by atoms with van der Waals surface area (Å²) in [5.74, 6) is 0. The van der Waals surface area contributed by atoms with Gasteiger partial charge in [0, 0.05) is 18.5 Å². The van der Waals surface area contributed by atoms with Crippen LogP contribution in [0.4, 0.5) is 11.4 Å². The second-order valence-electron chi connectivity index (χ2n) is 5.27. The summed E-state index contributed by atoms with van der Waals surface area (Å²) >= 11 is 1.70. The first kappa shape index (κ1) is 14.4. The number of para-hydroxylation sites is 2. The van der Waals surface area contributed by atoms with Crippen molar-refractivity contribution >= 4 is 22.7 Å². The zero-order chi connectivity index (χ0) is 14.7. The Labute approximate surface area is 129 Å². The van der Waals surface area contributed by atoms with Crippen LogP contribution in [0.5, 0.6) is 0 Å². The summed E-state index contributed by atoms with van der Waals surface area (Å²) in [7, 11) is 0. The molecule has 0 saturated carbocycles. The van der Waals surface area contributed by atoms with E-state index in [1.807, 2.05) is 6.92 Å². The molecule has 1 aromatic carbocycles. The number of aryl methyl sites for hydroxylation is 1. The van der Waals surface area contributed by atoms with E-state index in [4.69, 9.17) is 4.74 Å². The third kappa shape index (κ3) is 3.36. The Morgan fingerprint density at radius 1 is 1.29 bits per heavy atom. The van der Waals surface area contributed by atoms with E-state index in [1.54, 1.807) is 11.3 Å². The number of ether oxygens (including phenoxy) is 1. The Morgan fingerprint density at radius 3 is 2.76 bits per heavy atom. The number of nitrogens with zero attached hydrogens (tertiary/aromatic N) is 2. The molecule has 4 nitrogen and oxygen atoms in total. The first-order valence-corrected chi connectivity index (χ1v) is 8.22. The monoisotopic (exact) mass is 303 g/mol. The van der Waals surface area contributed by atoms with Gasteiger partial charge in [0.1, 0.15) is 0 Å². The standard InChI is InChI=1S/C16H21N3OS/c1-12(15-11-21-13(2)18-15)17-14-5-3-4-6-16(14)19-7-9-20-10-8-19/h3-6,11-12,17H,7-10H2,1-2H3. The van der Waals surface area contributed by atoms with Gasteiger partial charge in [-0.25, -0.2) is 4.98 Å². The van der Waals surface area contributed by atoms with Gasteiger partial charge in [0.2, 0.25) is 0 Å². The molecule has 1 unspecified atom stereocenters. The lowest BCUT2D eigenvalue weighted by molar-refractivity contribution is 0.123. The average Bonchev–Trinajstić information content (AvgIpc) is 2.95. The van der Waals surface area contributed by atoms with Gasteiger partial charge in [-0.05, 0) is 26.0 Å². The molecule has 1 fully saturated rings. The highest BCUT2D eigenvalue weighted by Crippen LogP contribution is 2.30. The van der Waals surface area contributed by atoms with Gasteiger partial charge >= 0.3 is 0 Å². The van der Waals surface area contributed by atoms with Gasteiger partial charge in [0.05, 0.1) is 41.3 Å². The van der Waals surface area contributed by atoms with Crippen LogP contribution in [0.15, 0.2) is 29.6 Å². The molecule has 112 valence electrons. The maximum atomic E-state index is 5.44. The normalized spacial score (nSPS) is 16.8. The largest absolute Gasteiger partial charge is 0.378 e.